The summed E-state index contributed by atoms with van der Waals surface area (Å²) in [6.07, 6.45) is 6.37. The van der Waals surface area contributed by atoms with E-state index in [1.54, 1.807) is 0 Å². The molecule has 1 nitrogen and oxygen atoms in total. The Morgan fingerprint density at radius 1 is 1.00 bits per heavy atom. The molecule has 0 heterocycles. The number of rotatable bonds is 6. The highest BCUT2D eigenvalue weighted by Gasteiger charge is 2.03. The molecule has 0 aliphatic rings. The lowest BCUT2D eigenvalue weighted by atomic mass is 10.0. The van der Waals surface area contributed by atoms with Crippen LogP contribution in [0, 0.1) is 20.8 Å². The van der Waals surface area contributed by atoms with Crippen molar-refractivity contribution in [1.82, 2.24) is 0 Å². The minimum absolute atomic E-state index is 1.13. The van der Waals surface area contributed by atoms with Gasteiger partial charge in [-0.3, -0.25) is 4.99 Å². The molecular weight excluding hydrogens is 218 g/mol. The van der Waals surface area contributed by atoms with Crippen molar-refractivity contribution >= 4 is 11.4 Å². The molecule has 0 radical (unpaired) electrons. The highest BCUT2D eigenvalue weighted by Crippen LogP contribution is 2.25. The average molecular weight is 245 g/mol. The van der Waals surface area contributed by atoms with Crippen molar-refractivity contribution in [2.45, 2.75) is 66.7 Å². The molecule has 0 aromatic heterocycles. The third-order valence-electron chi connectivity index (χ3n) is 3.33. The molecule has 0 saturated carbocycles. The van der Waals surface area contributed by atoms with Crippen molar-refractivity contribution < 1.29 is 0 Å². The van der Waals surface area contributed by atoms with E-state index < -0.39 is 0 Å². The van der Waals surface area contributed by atoms with Crippen molar-refractivity contribution in [3.8, 4) is 0 Å². The zero-order valence-corrected chi connectivity index (χ0v) is 12.6. The van der Waals surface area contributed by atoms with E-state index in [4.69, 9.17) is 4.99 Å². The molecule has 0 saturated heterocycles. The Hall–Kier alpha value is -1.11. The van der Waals surface area contributed by atoms with Crippen molar-refractivity contribution in [2.75, 3.05) is 0 Å². The van der Waals surface area contributed by atoms with Gasteiger partial charge in [0, 0.05) is 5.71 Å². The number of hydrogen-bond donors (Lipinski definition) is 0. The summed E-state index contributed by atoms with van der Waals surface area (Å²) in [6.45, 7) is 10.9. The van der Waals surface area contributed by atoms with Gasteiger partial charge in [-0.15, -0.1) is 0 Å². The summed E-state index contributed by atoms with van der Waals surface area (Å²) < 4.78 is 0. The smallest absolute Gasteiger partial charge is 0.0687 e. The Morgan fingerprint density at radius 2 is 1.61 bits per heavy atom. The van der Waals surface area contributed by atoms with E-state index in [1.165, 1.54) is 53.8 Å². The molecule has 0 amide bonds. The summed E-state index contributed by atoms with van der Waals surface area (Å²) in [5, 5.41) is 0. The Labute approximate surface area is 112 Å². The van der Waals surface area contributed by atoms with E-state index in [0.29, 0.717) is 0 Å². The van der Waals surface area contributed by atoms with Crippen molar-refractivity contribution in [3.63, 3.8) is 0 Å². The fourth-order valence-electron chi connectivity index (χ4n) is 2.40. The molecule has 100 valence electrons. The van der Waals surface area contributed by atoms with Crippen LogP contribution in [0.2, 0.25) is 0 Å². The number of hydrogen-bond acceptors (Lipinski definition) is 1. The van der Waals surface area contributed by atoms with Crippen LogP contribution in [-0.4, -0.2) is 5.71 Å². The zero-order valence-electron chi connectivity index (χ0n) is 12.6. The molecule has 0 atom stereocenters. The summed E-state index contributed by atoms with van der Waals surface area (Å²) >= 11 is 0. The van der Waals surface area contributed by atoms with Crippen LogP contribution in [-0.2, 0) is 0 Å². The fraction of sp³-hybridized carbons (Fsp3) is 0.588. The third-order valence-corrected chi connectivity index (χ3v) is 3.33. The quantitative estimate of drug-likeness (QED) is 0.452. The second-order valence-electron chi connectivity index (χ2n) is 5.41. The second-order valence-corrected chi connectivity index (χ2v) is 5.41. The van der Waals surface area contributed by atoms with Crippen molar-refractivity contribution in [3.05, 3.63) is 28.8 Å². The molecule has 0 aliphatic carbocycles. The van der Waals surface area contributed by atoms with Gasteiger partial charge in [-0.05, 0) is 51.7 Å². The normalized spacial score (nSPS) is 11.9. The van der Waals surface area contributed by atoms with Gasteiger partial charge in [-0.25, -0.2) is 0 Å². The second kappa shape index (κ2) is 7.35. The third kappa shape index (κ3) is 4.64. The lowest BCUT2D eigenvalue weighted by Crippen LogP contribution is -1.93. The summed E-state index contributed by atoms with van der Waals surface area (Å²) in [4.78, 5) is 4.81. The first-order chi connectivity index (χ1) is 8.54. The van der Waals surface area contributed by atoms with Crippen LogP contribution in [0.3, 0.4) is 0 Å². The zero-order chi connectivity index (χ0) is 13.5. The highest BCUT2D eigenvalue weighted by atomic mass is 14.7. The molecule has 0 spiro atoms. The van der Waals surface area contributed by atoms with Crippen LogP contribution in [0.15, 0.2) is 17.1 Å². The summed E-state index contributed by atoms with van der Waals surface area (Å²) in [5.41, 5.74) is 6.35. The molecule has 1 heteroatoms. The van der Waals surface area contributed by atoms with Gasteiger partial charge < -0.3 is 0 Å². The number of benzene rings is 1. The Balaban J connectivity index is 2.70. The highest BCUT2D eigenvalue weighted by molar-refractivity contribution is 5.85. The van der Waals surface area contributed by atoms with E-state index in [2.05, 4.69) is 46.8 Å². The molecule has 0 aliphatic heterocycles. The Kier molecular flexibility index (Phi) is 6.11. The van der Waals surface area contributed by atoms with Gasteiger partial charge in [-0.2, -0.15) is 0 Å². The van der Waals surface area contributed by atoms with E-state index in [9.17, 15) is 0 Å². The first kappa shape index (κ1) is 14.9. The molecule has 0 fully saturated rings. The number of aliphatic imine (C=N–C) groups is 1. The van der Waals surface area contributed by atoms with Crippen molar-refractivity contribution in [1.29, 1.82) is 0 Å². The summed E-state index contributed by atoms with van der Waals surface area (Å²) in [5.74, 6) is 0. The van der Waals surface area contributed by atoms with E-state index in [0.717, 1.165) is 6.42 Å². The lowest BCUT2D eigenvalue weighted by Gasteiger charge is -2.08. The monoisotopic (exact) mass is 245 g/mol. The van der Waals surface area contributed by atoms with Gasteiger partial charge in [0.2, 0.25) is 0 Å². The maximum Gasteiger partial charge on any atom is 0.0687 e. The predicted molar refractivity (Wildman–Crippen MR) is 82.2 cm³/mol. The van der Waals surface area contributed by atoms with Crippen LogP contribution in [0.1, 0.15) is 62.6 Å². The molecule has 0 bridgehead atoms. The fourth-order valence-corrected chi connectivity index (χ4v) is 2.40. The minimum Gasteiger partial charge on any atom is -0.258 e. The van der Waals surface area contributed by atoms with E-state index in [1.807, 2.05) is 0 Å². The minimum atomic E-state index is 1.13. The molecule has 0 N–H and O–H groups in total. The Bertz CT molecular complexity index is 393. The largest absolute Gasteiger partial charge is 0.258 e. The first-order valence-corrected chi connectivity index (χ1v) is 7.16. The maximum absolute atomic E-state index is 4.81. The van der Waals surface area contributed by atoms with Crippen LogP contribution in [0.5, 0.6) is 0 Å². The van der Waals surface area contributed by atoms with Gasteiger partial charge in [-0.1, -0.05) is 43.9 Å². The predicted octanol–water partition coefficient (Wildman–Crippen LogP) is 5.67. The molecule has 1 aromatic carbocycles. The lowest BCUT2D eigenvalue weighted by molar-refractivity contribution is 0.682. The molecular formula is C17H27N. The Morgan fingerprint density at radius 3 is 2.17 bits per heavy atom. The molecule has 1 aromatic rings. The average Bonchev–Trinajstić information content (AvgIpc) is 2.29. The standard InChI is InChI=1S/C17H27N/c1-6-7-8-9-10-16(5)18-17-14(3)11-13(2)12-15(17)4/h11-12H,6-10H2,1-5H3. The van der Waals surface area contributed by atoms with Gasteiger partial charge in [0.05, 0.1) is 5.69 Å². The first-order valence-electron chi connectivity index (χ1n) is 7.16. The molecule has 18 heavy (non-hydrogen) atoms. The van der Waals surface area contributed by atoms with Crippen LogP contribution >= 0.6 is 0 Å². The topological polar surface area (TPSA) is 12.4 Å². The summed E-state index contributed by atoms with van der Waals surface area (Å²) in [7, 11) is 0. The van der Waals surface area contributed by atoms with Crippen LogP contribution in [0.4, 0.5) is 5.69 Å². The van der Waals surface area contributed by atoms with Gasteiger partial charge >= 0.3 is 0 Å². The molecule has 1 rings (SSSR count). The van der Waals surface area contributed by atoms with Crippen molar-refractivity contribution in [2.24, 2.45) is 4.99 Å². The SMILES string of the molecule is CCCCCCC(C)=Nc1c(C)cc(C)cc1C. The number of aryl methyl sites for hydroxylation is 3. The van der Waals surface area contributed by atoms with Gasteiger partial charge in [0.1, 0.15) is 0 Å². The van der Waals surface area contributed by atoms with Crippen LogP contribution in [0.25, 0.3) is 0 Å². The van der Waals surface area contributed by atoms with Gasteiger partial charge in [0.25, 0.3) is 0 Å². The number of unbranched alkanes of at least 4 members (excludes halogenated alkanes) is 3. The maximum atomic E-state index is 4.81. The number of nitrogens with zero attached hydrogens (tertiary/aromatic N) is 1. The van der Waals surface area contributed by atoms with Crippen LogP contribution < -0.4 is 0 Å². The summed E-state index contributed by atoms with van der Waals surface area (Å²) in [6, 6.07) is 4.44. The molecule has 0 unspecified atom stereocenters. The van der Waals surface area contributed by atoms with Gasteiger partial charge in [0.15, 0.2) is 0 Å². The van der Waals surface area contributed by atoms with E-state index in [-0.39, 0.29) is 0 Å². The van der Waals surface area contributed by atoms with E-state index >= 15 is 0 Å².